The topological polar surface area (TPSA) is 74.6 Å². The minimum atomic E-state index is -0.634. The smallest absolute Gasteiger partial charge is 0.309 e. The summed E-state index contributed by atoms with van der Waals surface area (Å²) in [5.41, 5.74) is -0.634. The lowest BCUT2D eigenvalue weighted by Gasteiger charge is -2.34. The number of rotatable bonds is 56. The third-order valence-corrected chi connectivity index (χ3v) is 15.5. The van der Waals surface area contributed by atoms with Crippen LogP contribution in [0.3, 0.4) is 0 Å². The Kier molecular flexibility index (Phi) is 50.0. The van der Waals surface area contributed by atoms with Crippen LogP contribution in [-0.2, 0) is 9.59 Å². The molecule has 0 aliphatic carbocycles. The predicted octanol–water partition coefficient (Wildman–Crippen LogP) is 21.7. The first-order valence-corrected chi connectivity index (χ1v) is 30.3. The molecule has 0 fully saturated rings. The SMILES string of the molecule is CCCCCCCCCCCCCCCCCCC(CCCCCC(CCCCCCCCCCCCCC)(CC(CCCCCCCC)CCCCCCCCCC)C(=O)O)C(=O)O. The average Bonchev–Trinajstić information content (AvgIpc) is 3.29. The Hall–Kier alpha value is -1.06. The van der Waals surface area contributed by atoms with Crippen LogP contribution in [-0.4, -0.2) is 22.2 Å². The van der Waals surface area contributed by atoms with Crippen LogP contribution < -0.4 is 0 Å². The van der Waals surface area contributed by atoms with Crippen molar-refractivity contribution in [3.8, 4) is 0 Å². The molecule has 0 bridgehead atoms. The maximum absolute atomic E-state index is 13.6. The maximum Gasteiger partial charge on any atom is 0.309 e. The average molecular weight is 918 g/mol. The molecule has 0 aliphatic rings. The molecule has 3 unspecified atom stereocenters. The van der Waals surface area contributed by atoms with E-state index in [1.807, 2.05) is 0 Å². The van der Waals surface area contributed by atoms with Crippen LogP contribution in [0.25, 0.3) is 0 Å². The van der Waals surface area contributed by atoms with E-state index in [9.17, 15) is 19.8 Å². The summed E-state index contributed by atoms with van der Waals surface area (Å²) in [6.45, 7) is 9.15. The molecular weight excluding hydrogens is 797 g/mol. The van der Waals surface area contributed by atoms with Gasteiger partial charge in [0, 0.05) is 0 Å². The van der Waals surface area contributed by atoms with Gasteiger partial charge in [0.15, 0.2) is 0 Å². The van der Waals surface area contributed by atoms with Crippen molar-refractivity contribution in [1.29, 1.82) is 0 Å². The van der Waals surface area contributed by atoms with Crippen molar-refractivity contribution in [3.05, 3.63) is 0 Å². The molecule has 65 heavy (non-hydrogen) atoms. The zero-order valence-corrected chi connectivity index (χ0v) is 45.1. The number of carboxylic acids is 2. The first kappa shape index (κ1) is 63.9. The van der Waals surface area contributed by atoms with E-state index in [4.69, 9.17) is 0 Å². The van der Waals surface area contributed by atoms with E-state index < -0.39 is 17.4 Å². The highest BCUT2D eigenvalue weighted by atomic mass is 16.4. The summed E-state index contributed by atoms with van der Waals surface area (Å²) in [5, 5.41) is 21.2. The molecule has 3 atom stereocenters. The Morgan fingerprint density at radius 3 is 0.769 bits per heavy atom. The summed E-state index contributed by atoms with van der Waals surface area (Å²) in [7, 11) is 0. The zero-order chi connectivity index (χ0) is 47.6. The number of aliphatic carboxylic acids is 2. The highest BCUT2D eigenvalue weighted by Gasteiger charge is 2.39. The molecule has 0 saturated heterocycles. The fourth-order valence-electron chi connectivity index (χ4n) is 11.0. The molecule has 0 aromatic carbocycles. The van der Waals surface area contributed by atoms with Gasteiger partial charge in [-0.05, 0) is 38.0 Å². The van der Waals surface area contributed by atoms with Gasteiger partial charge in [0.25, 0.3) is 0 Å². The third-order valence-electron chi connectivity index (χ3n) is 15.5. The highest BCUT2D eigenvalue weighted by Crippen LogP contribution is 2.42. The van der Waals surface area contributed by atoms with Crippen LogP contribution in [0.1, 0.15) is 362 Å². The number of carbonyl (C=O) groups is 2. The molecular formula is C61H120O4. The Bertz CT molecular complexity index is 963. The highest BCUT2D eigenvalue weighted by molar-refractivity contribution is 5.74. The predicted molar refractivity (Wildman–Crippen MR) is 287 cm³/mol. The summed E-state index contributed by atoms with van der Waals surface area (Å²) in [5.74, 6) is -0.918. The van der Waals surface area contributed by atoms with Gasteiger partial charge in [-0.15, -0.1) is 0 Å². The minimum Gasteiger partial charge on any atom is -0.481 e. The van der Waals surface area contributed by atoms with Gasteiger partial charge < -0.3 is 10.2 Å². The second-order valence-electron chi connectivity index (χ2n) is 21.8. The van der Waals surface area contributed by atoms with Crippen LogP contribution >= 0.6 is 0 Å². The monoisotopic (exact) mass is 917 g/mol. The Labute approximate surface area is 409 Å². The molecule has 388 valence electrons. The maximum atomic E-state index is 13.6. The van der Waals surface area contributed by atoms with E-state index in [0.717, 1.165) is 77.0 Å². The molecule has 0 amide bonds. The van der Waals surface area contributed by atoms with Gasteiger partial charge in [-0.1, -0.05) is 329 Å². The minimum absolute atomic E-state index is 0.250. The number of unbranched alkanes of at least 4 members (excludes halogenated alkanes) is 40. The van der Waals surface area contributed by atoms with E-state index in [1.54, 1.807) is 0 Å². The van der Waals surface area contributed by atoms with Crippen molar-refractivity contribution in [2.45, 2.75) is 362 Å². The lowest BCUT2D eigenvalue weighted by molar-refractivity contribution is -0.151. The van der Waals surface area contributed by atoms with E-state index >= 15 is 0 Å². The van der Waals surface area contributed by atoms with Crippen molar-refractivity contribution >= 4 is 11.9 Å². The summed E-state index contributed by atoms with van der Waals surface area (Å²) < 4.78 is 0. The van der Waals surface area contributed by atoms with Gasteiger partial charge in [-0.3, -0.25) is 9.59 Å². The number of hydrogen-bond donors (Lipinski definition) is 2. The van der Waals surface area contributed by atoms with Gasteiger partial charge in [-0.25, -0.2) is 0 Å². The Morgan fingerprint density at radius 2 is 0.523 bits per heavy atom. The van der Waals surface area contributed by atoms with Crippen molar-refractivity contribution in [2.75, 3.05) is 0 Å². The number of hydrogen-bond acceptors (Lipinski definition) is 2. The van der Waals surface area contributed by atoms with Gasteiger partial charge in [0.2, 0.25) is 0 Å². The fourth-order valence-corrected chi connectivity index (χ4v) is 11.0. The van der Waals surface area contributed by atoms with Gasteiger partial charge in [0.1, 0.15) is 0 Å². The molecule has 2 N–H and O–H groups in total. The molecule has 4 heteroatoms. The summed E-state index contributed by atoms with van der Waals surface area (Å²) in [6.07, 6.45) is 64.6. The molecule has 0 aliphatic heterocycles. The quantitative estimate of drug-likeness (QED) is 0.0596. The molecule has 0 saturated carbocycles. The first-order valence-electron chi connectivity index (χ1n) is 30.3. The molecule has 4 nitrogen and oxygen atoms in total. The molecule has 0 spiro atoms. The lowest BCUT2D eigenvalue weighted by atomic mass is 9.70. The van der Waals surface area contributed by atoms with E-state index in [0.29, 0.717) is 5.92 Å². The normalized spacial score (nSPS) is 13.6. The van der Waals surface area contributed by atoms with Crippen molar-refractivity contribution in [2.24, 2.45) is 17.3 Å². The van der Waals surface area contributed by atoms with Crippen molar-refractivity contribution in [3.63, 3.8) is 0 Å². The largest absolute Gasteiger partial charge is 0.481 e. The fraction of sp³-hybridized carbons (Fsp3) is 0.967. The van der Waals surface area contributed by atoms with E-state index in [1.165, 1.54) is 257 Å². The van der Waals surface area contributed by atoms with Crippen LogP contribution in [0, 0.1) is 17.3 Å². The van der Waals surface area contributed by atoms with Gasteiger partial charge in [0.05, 0.1) is 11.3 Å². The van der Waals surface area contributed by atoms with Gasteiger partial charge in [-0.2, -0.15) is 0 Å². The molecule has 0 heterocycles. The zero-order valence-electron chi connectivity index (χ0n) is 45.1. The molecule has 0 radical (unpaired) electrons. The van der Waals surface area contributed by atoms with Gasteiger partial charge >= 0.3 is 11.9 Å². The Balaban J connectivity index is 5.10. The van der Waals surface area contributed by atoms with E-state index in [2.05, 4.69) is 27.7 Å². The van der Waals surface area contributed by atoms with E-state index in [-0.39, 0.29) is 5.92 Å². The second kappa shape index (κ2) is 50.8. The van der Waals surface area contributed by atoms with Crippen LogP contribution in [0.5, 0.6) is 0 Å². The van der Waals surface area contributed by atoms with Crippen LogP contribution in [0.4, 0.5) is 0 Å². The standard InChI is InChI=1S/C61H120O4/c1-5-9-13-17-21-24-26-28-29-30-31-32-34-37-41-46-52-58(59(62)63)53-47-43-49-55-61(60(64)65,54-48-42-38-35-33-27-25-22-18-14-10-6-2)56-57(50-44-39-20-16-12-8-4)51-45-40-36-23-19-15-11-7-3/h57-58H,5-56H2,1-4H3,(H,62,63)(H,64,65). The van der Waals surface area contributed by atoms with Crippen LogP contribution in [0.2, 0.25) is 0 Å². The summed E-state index contributed by atoms with van der Waals surface area (Å²) in [4.78, 5) is 25.8. The molecule has 0 aromatic rings. The lowest BCUT2D eigenvalue weighted by Crippen LogP contribution is -2.34. The van der Waals surface area contributed by atoms with Crippen LogP contribution in [0.15, 0.2) is 0 Å². The summed E-state index contributed by atoms with van der Waals surface area (Å²) in [6, 6.07) is 0. The molecule has 0 rings (SSSR count). The third kappa shape index (κ3) is 42.8. The summed E-state index contributed by atoms with van der Waals surface area (Å²) >= 11 is 0. The second-order valence-corrected chi connectivity index (χ2v) is 21.8. The Morgan fingerprint density at radius 1 is 0.308 bits per heavy atom. The van der Waals surface area contributed by atoms with Crippen molar-refractivity contribution in [1.82, 2.24) is 0 Å². The number of carboxylic acid groups (broad SMARTS) is 2. The molecule has 0 aromatic heterocycles. The first-order chi connectivity index (χ1) is 31.9. The van der Waals surface area contributed by atoms with Crippen molar-refractivity contribution < 1.29 is 19.8 Å².